The first kappa shape index (κ1) is 22.0. The number of nitrogens with one attached hydrogen (secondary N) is 2. The molecule has 0 saturated carbocycles. The Bertz CT molecular complexity index is 888. The fourth-order valence-corrected chi connectivity index (χ4v) is 2.70. The third-order valence-electron chi connectivity index (χ3n) is 3.78. The largest absolute Gasteiger partial charge is 0.493 e. The van der Waals surface area contributed by atoms with Gasteiger partial charge in [-0.25, -0.2) is 9.59 Å². The van der Waals surface area contributed by atoms with Crippen molar-refractivity contribution in [2.24, 2.45) is 0 Å². The monoisotopic (exact) mass is 420 g/mol. The maximum Gasteiger partial charge on any atom is 0.339 e. The van der Waals surface area contributed by atoms with Crippen LogP contribution in [0.4, 0.5) is 4.79 Å². The van der Waals surface area contributed by atoms with Crippen molar-refractivity contribution in [3.63, 3.8) is 0 Å². The molecule has 2 aromatic carbocycles. The second kappa shape index (κ2) is 10.3. The predicted octanol–water partition coefficient (Wildman–Crippen LogP) is 3.10. The minimum Gasteiger partial charge on any atom is -0.493 e. The van der Waals surface area contributed by atoms with Gasteiger partial charge in [0.1, 0.15) is 0 Å². The van der Waals surface area contributed by atoms with Gasteiger partial charge < -0.3 is 19.5 Å². The van der Waals surface area contributed by atoms with Gasteiger partial charge in [-0.15, -0.1) is 0 Å². The van der Waals surface area contributed by atoms with Gasteiger partial charge in [-0.1, -0.05) is 41.9 Å². The van der Waals surface area contributed by atoms with E-state index in [0.717, 1.165) is 0 Å². The molecule has 0 aliphatic carbocycles. The molecule has 0 aliphatic heterocycles. The van der Waals surface area contributed by atoms with Crippen LogP contribution in [0.15, 0.2) is 42.5 Å². The van der Waals surface area contributed by atoms with Crippen LogP contribution in [0.3, 0.4) is 0 Å². The van der Waals surface area contributed by atoms with Gasteiger partial charge in [0, 0.05) is 12.6 Å². The highest BCUT2D eigenvalue weighted by Gasteiger charge is 2.28. The standard InChI is InChI=1S/C20H21ClN2O6/c1-4-28-17-14(21)10-13(11-15(17)27-3)19(25)29-16(12-8-6-5-7-9-12)18(24)23-20(26)22-2/h5-11,16H,4H2,1-3H3,(H2,22,23,24,26)/t16-/m0/s1. The molecule has 0 bridgehead atoms. The van der Waals surface area contributed by atoms with E-state index < -0.39 is 24.0 Å². The molecule has 154 valence electrons. The predicted molar refractivity (Wildman–Crippen MR) is 106 cm³/mol. The van der Waals surface area contributed by atoms with Crippen LogP contribution in [0.25, 0.3) is 0 Å². The minimum atomic E-state index is -1.35. The van der Waals surface area contributed by atoms with E-state index in [9.17, 15) is 14.4 Å². The smallest absolute Gasteiger partial charge is 0.339 e. The Morgan fingerprint density at radius 2 is 1.83 bits per heavy atom. The first-order valence-electron chi connectivity index (χ1n) is 8.70. The van der Waals surface area contributed by atoms with Gasteiger partial charge in [-0.05, 0) is 19.1 Å². The number of carbonyl (C=O) groups excluding carboxylic acids is 3. The van der Waals surface area contributed by atoms with Crippen LogP contribution in [-0.2, 0) is 9.53 Å². The molecule has 2 rings (SSSR count). The van der Waals surface area contributed by atoms with Gasteiger partial charge in [-0.2, -0.15) is 0 Å². The Kier molecular flexibility index (Phi) is 7.85. The molecule has 2 N–H and O–H groups in total. The highest BCUT2D eigenvalue weighted by Crippen LogP contribution is 2.37. The Morgan fingerprint density at radius 3 is 2.41 bits per heavy atom. The van der Waals surface area contributed by atoms with Gasteiger partial charge in [0.25, 0.3) is 5.91 Å². The third kappa shape index (κ3) is 5.61. The highest BCUT2D eigenvalue weighted by atomic mass is 35.5. The third-order valence-corrected chi connectivity index (χ3v) is 4.06. The number of methoxy groups -OCH3 is 1. The molecule has 2 aromatic rings. The Balaban J connectivity index is 2.33. The van der Waals surface area contributed by atoms with E-state index in [2.05, 4.69) is 10.6 Å². The summed E-state index contributed by atoms with van der Waals surface area (Å²) in [6.07, 6.45) is -1.35. The van der Waals surface area contributed by atoms with E-state index >= 15 is 0 Å². The topological polar surface area (TPSA) is 103 Å². The fourth-order valence-electron chi connectivity index (χ4n) is 2.44. The number of hydrogen-bond donors (Lipinski definition) is 2. The molecule has 9 heteroatoms. The second-order valence-electron chi connectivity index (χ2n) is 5.69. The number of hydrogen-bond acceptors (Lipinski definition) is 6. The first-order valence-corrected chi connectivity index (χ1v) is 9.07. The molecule has 3 amide bonds. The number of rotatable bonds is 7. The molecule has 0 saturated heterocycles. The lowest BCUT2D eigenvalue weighted by molar-refractivity contribution is -0.129. The van der Waals surface area contributed by atoms with E-state index in [4.69, 9.17) is 25.8 Å². The number of esters is 1. The van der Waals surface area contributed by atoms with E-state index in [-0.39, 0.29) is 16.3 Å². The number of halogens is 1. The van der Waals surface area contributed by atoms with Crippen molar-refractivity contribution in [2.45, 2.75) is 13.0 Å². The molecule has 0 fully saturated rings. The van der Waals surface area contributed by atoms with Crippen molar-refractivity contribution in [2.75, 3.05) is 20.8 Å². The van der Waals surface area contributed by atoms with Crippen molar-refractivity contribution in [3.8, 4) is 11.5 Å². The summed E-state index contributed by atoms with van der Waals surface area (Å²) in [6.45, 7) is 2.14. The summed E-state index contributed by atoms with van der Waals surface area (Å²) in [5.74, 6) is -1.08. The van der Waals surface area contributed by atoms with Crippen LogP contribution in [0.2, 0.25) is 5.02 Å². The molecule has 0 spiro atoms. The summed E-state index contributed by atoms with van der Waals surface area (Å²) >= 11 is 6.19. The quantitative estimate of drug-likeness (QED) is 0.667. The maximum atomic E-state index is 12.7. The molecule has 0 radical (unpaired) electrons. The van der Waals surface area contributed by atoms with Crippen molar-refractivity contribution in [1.29, 1.82) is 0 Å². The van der Waals surface area contributed by atoms with Crippen LogP contribution in [0.5, 0.6) is 11.5 Å². The maximum absolute atomic E-state index is 12.7. The molecular weight excluding hydrogens is 400 g/mol. The number of benzene rings is 2. The van der Waals surface area contributed by atoms with Gasteiger partial charge in [0.15, 0.2) is 11.5 Å². The average molecular weight is 421 g/mol. The van der Waals surface area contributed by atoms with Crippen LogP contribution in [-0.4, -0.2) is 38.7 Å². The average Bonchev–Trinajstić information content (AvgIpc) is 2.73. The van der Waals surface area contributed by atoms with Gasteiger partial charge in [-0.3, -0.25) is 10.1 Å². The molecule has 1 atom stereocenters. The summed E-state index contributed by atoms with van der Waals surface area (Å²) in [5, 5.41) is 4.53. The summed E-state index contributed by atoms with van der Waals surface area (Å²) < 4.78 is 16.0. The zero-order chi connectivity index (χ0) is 21.4. The van der Waals surface area contributed by atoms with Gasteiger partial charge in [0.05, 0.1) is 24.3 Å². The summed E-state index contributed by atoms with van der Waals surface area (Å²) in [5.41, 5.74) is 0.454. The number of ether oxygens (including phenoxy) is 3. The van der Waals surface area contributed by atoms with E-state index in [1.165, 1.54) is 26.3 Å². The van der Waals surface area contributed by atoms with Crippen LogP contribution >= 0.6 is 11.6 Å². The van der Waals surface area contributed by atoms with Crippen molar-refractivity contribution in [1.82, 2.24) is 10.6 Å². The summed E-state index contributed by atoms with van der Waals surface area (Å²) in [4.78, 5) is 36.7. The minimum absolute atomic E-state index is 0.0592. The van der Waals surface area contributed by atoms with Crippen LogP contribution in [0.1, 0.15) is 28.9 Å². The lowest BCUT2D eigenvalue weighted by Gasteiger charge is -2.18. The van der Waals surface area contributed by atoms with E-state index in [1.807, 2.05) is 0 Å². The number of amides is 3. The fraction of sp³-hybridized carbons (Fsp3) is 0.250. The molecule has 0 aliphatic rings. The first-order chi connectivity index (χ1) is 13.9. The Morgan fingerprint density at radius 1 is 1.14 bits per heavy atom. The van der Waals surface area contributed by atoms with E-state index in [0.29, 0.717) is 17.9 Å². The number of imide groups is 1. The lowest BCUT2D eigenvalue weighted by atomic mass is 10.1. The summed E-state index contributed by atoms with van der Waals surface area (Å²) in [7, 11) is 2.77. The van der Waals surface area contributed by atoms with Gasteiger partial charge >= 0.3 is 12.0 Å². The summed E-state index contributed by atoms with van der Waals surface area (Å²) in [6, 6.07) is 10.3. The molecular formula is C20H21ClN2O6. The van der Waals surface area contributed by atoms with Crippen molar-refractivity contribution in [3.05, 3.63) is 58.6 Å². The highest BCUT2D eigenvalue weighted by molar-refractivity contribution is 6.32. The second-order valence-corrected chi connectivity index (χ2v) is 6.09. The molecule has 8 nitrogen and oxygen atoms in total. The van der Waals surface area contributed by atoms with Crippen molar-refractivity contribution < 1.29 is 28.6 Å². The molecule has 0 unspecified atom stereocenters. The van der Waals surface area contributed by atoms with Crippen LogP contribution in [0, 0.1) is 0 Å². The Labute approximate surface area is 173 Å². The lowest BCUT2D eigenvalue weighted by Crippen LogP contribution is -2.41. The zero-order valence-corrected chi connectivity index (χ0v) is 16.9. The molecule has 29 heavy (non-hydrogen) atoms. The van der Waals surface area contributed by atoms with Gasteiger partial charge in [0.2, 0.25) is 6.10 Å². The zero-order valence-electron chi connectivity index (χ0n) is 16.2. The molecule has 0 heterocycles. The molecule has 0 aromatic heterocycles. The number of urea groups is 1. The van der Waals surface area contributed by atoms with E-state index in [1.54, 1.807) is 37.3 Å². The number of carbonyl (C=O) groups is 3. The normalized spacial score (nSPS) is 11.2. The Hall–Kier alpha value is -3.26. The SMILES string of the molecule is CCOc1c(Cl)cc(C(=O)O[C@H](C(=O)NC(=O)NC)c2ccccc2)cc1OC. The van der Waals surface area contributed by atoms with Crippen molar-refractivity contribution >= 4 is 29.5 Å². The van der Waals surface area contributed by atoms with Crippen LogP contribution < -0.4 is 20.1 Å².